The molecular weight excluding hydrogens is 463 g/mol. The van der Waals surface area contributed by atoms with Crippen LogP contribution >= 0.6 is 23.2 Å². The van der Waals surface area contributed by atoms with Gasteiger partial charge in [-0.2, -0.15) is 4.31 Å². The molecule has 10 heteroatoms. The Bertz CT molecular complexity index is 901. The van der Waals surface area contributed by atoms with Gasteiger partial charge in [-0.15, -0.1) is 0 Å². The van der Waals surface area contributed by atoms with Crippen LogP contribution in [0.3, 0.4) is 0 Å². The van der Waals surface area contributed by atoms with Gasteiger partial charge >= 0.3 is 5.97 Å². The van der Waals surface area contributed by atoms with Crippen molar-refractivity contribution in [2.45, 2.75) is 62.9 Å². The van der Waals surface area contributed by atoms with Crippen LogP contribution in [0.25, 0.3) is 0 Å². The molecule has 31 heavy (non-hydrogen) atoms. The van der Waals surface area contributed by atoms with Crippen LogP contribution in [-0.4, -0.2) is 61.3 Å². The molecule has 1 aromatic carbocycles. The highest BCUT2D eigenvalue weighted by atomic mass is 35.5. The SMILES string of the molecule is C[C@@H]1CCC[C@@H](C)N1C(=O)COC(=O)C1CCN(S(=O)(=O)c2c(Cl)cccc2Cl)CC1. The molecule has 2 saturated heterocycles. The van der Waals surface area contributed by atoms with Gasteiger partial charge in [-0.25, -0.2) is 8.42 Å². The smallest absolute Gasteiger partial charge is 0.309 e. The predicted octanol–water partition coefficient (Wildman–Crippen LogP) is 3.73. The number of carbonyl (C=O) groups excluding carboxylic acids is 2. The van der Waals surface area contributed by atoms with E-state index in [1.807, 2.05) is 13.8 Å². The third-order valence-electron chi connectivity index (χ3n) is 6.12. The van der Waals surface area contributed by atoms with Crippen LogP contribution in [0.5, 0.6) is 0 Å². The van der Waals surface area contributed by atoms with Crippen LogP contribution in [-0.2, 0) is 24.3 Å². The van der Waals surface area contributed by atoms with Crippen LogP contribution in [0.1, 0.15) is 46.0 Å². The van der Waals surface area contributed by atoms with Crippen molar-refractivity contribution in [3.8, 4) is 0 Å². The van der Waals surface area contributed by atoms with Crippen molar-refractivity contribution in [1.29, 1.82) is 0 Å². The Morgan fingerprint density at radius 3 is 2.13 bits per heavy atom. The summed E-state index contributed by atoms with van der Waals surface area (Å²) in [4.78, 5) is 26.7. The zero-order valence-electron chi connectivity index (χ0n) is 17.7. The van der Waals surface area contributed by atoms with Crippen LogP contribution in [0.4, 0.5) is 0 Å². The number of benzene rings is 1. The Morgan fingerprint density at radius 1 is 1.03 bits per heavy atom. The molecule has 2 aliphatic heterocycles. The molecule has 0 saturated carbocycles. The Kier molecular flexibility index (Phi) is 7.89. The molecule has 1 amide bonds. The first-order valence-electron chi connectivity index (χ1n) is 10.5. The van der Waals surface area contributed by atoms with Crippen LogP contribution in [0, 0.1) is 5.92 Å². The Balaban J connectivity index is 1.55. The van der Waals surface area contributed by atoms with Gasteiger partial charge in [0, 0.05) is 25.2 Å². The molecule has 0 spiro atoms. The molecule has 172 valence electrons. The lowest BCUT2D eigenvalue weighted by molar-refractivity contribution is -0.158. The molecule has 2 atom stereocenters. The van der Waals surface area contributed by atoms with Crippen molar-refractivity contribution in [2.24, 2.45) is 5.92 Å². The van der Waals surface area contributed by atoms with E-state index >= 15 is 0 Å². The number of hydrogen-bond donors (Lipinski definition) is 0. The lowest BCUT2D eigenvalue weighted by atomic mass is 9.97. The maximum absolute atomic E-state index is 12.9. The molecule has 2 fully saturated rings. The van der Waals surface area contributed by atoms with Crippen LogP contribution < -0.4 is 0 Å². The van der Waals surface area contributed by atoms with Gasteiger partial charge in [0.15, 0.2) is 6.61 Å². The van der Waals surface area contributed by atoms with Crippen molar-refractivity contribution in [2.75, 3.05) is 19.7 Å². The molecule has 7 nitrogen and oxygen atoms in total. The lowest BCUT2D eigenvalue weighted by Gasteiger charge is -2.39. The highest BCUT2D eigenvalue weighted by Gasteiger charge is 2.36. The van der Waals surface area contributed by atoms with Crippen molar-refractivity contribution in [1.82, 2.24) is 9.21 Å². The fourth-order valence-corrected chi connectivity index (χ4v) is 6.99. The van der Waals surface area contributed by atoms with E-state index in [9.17, 15) is 18.0 Å². The number of nitrogens with zero attached hydrogens (tertiary/aromatic N) is 2. The van der Waals surface area contributed by atoms with E-state index in [2.05, 4.69) is 0 Å². The second-order valence-corrected chi connectivity index (χ2v) is 11.0. The fraction of sp³-hybridized carbons (Fsp3) is 0.619. The summed E-state index contributed by atoms with van der Waals surface area (Å²) in [5, 5.41) is 0.127. The molecule has 2 heterocycles. The average molecular weight is 491 g/mol. The summed E-state index contributed by atoms with van der Waals surface area (Å²) >= 11 is 12.1. The summed E-state index contributed by atoms with van der Waals surface area (Å²) in [7, 11) is -3.87. The Morgan fingerprint density at radius 2 is 1.58 bits per heavy atom. The first-order chi connectivity index (χ1) is 14.6. The maximum atomic E-state index is 12.9. The van der Waals surface area contributed by atoms with Crippen LogP contribution in [0.15, 0.2) is 23.1 Å². The summed E-state index contributed by atoms with van der Waals surface area (Å²) in [5.41, 5.74) is 0. The van der Waals surface area contributed by atoms with Gasteiger partial charge in [-0.3, -0.25) is 9.59 Å². The van der Waals surface area contributed by atoms with Gasteiger partial charge in [0.25, 0.3) is 5.91 Å². The van der Waals surface area contributed by atoms with Crippen LogP contribution in [0.2, 0.25) is 10.0 Å². The zero-order chi connectivity index (χ0) is 22.8. The number of likely N-dealkylation sites (tertiary alicyclic amines) is 1. The van der Waals surface area contributed by atoms with Crippen molar-refractivity contribution >= 4 is 45.1 Å². The predicted molar refractivity (Wildman–Crippen MR) is 119 cm³/mol. The summed E-state index contributed by atoms with van der Waals surface area (Å²) < 4.78 is 32.5. The summed E-state index contributed by atoms with van der Waals surface area (Å²) in [6.07, 6.45) is 3.61. The molecule has 2 aliphatic rings. The first kappa shape index (κ1) is 24.3. The fourth-order valence-electron chi connectivity index (χ4n) is 4.43. The molecule has 0 aromatic heterocycles. The normalized spacial score (nSPS) is 23.5. The van der Waals surface area contributed by atoms with Gasteiger partial charge in [-0.1, -0.05) is 29.3 Å². The number of esters is 1. The average Bonchev–Trinajstić information content (AvgIpc) is 2.71. The van der Waals surface area contributed by atoms with Crippen molar-refractivity contribution in [3.63, 3.8) is 0 Å². The molecule has 0 bridgehead atoms. The third kappa shape index (κ3) is 5.35. The van der Waals surface area contributed by atoms with E-state index < -0.39 is 21.9 Å². The summed E-state index contributed by atoms with van der Waals surface area (Å²) in [5.74, 6) is -1.09. The Hall–Kier alpha value is -1.35. The maximum Gasteiger partial charge on any atom is 0.309 e. The topological polar surface area (TPSA) is 84.0 Å². The zero-order valence-corrected chi connectivity index (χ0v) is 20.0. The molecular formula is C21H28Cl2N2O5S. The number of piperidine rings is 2. The first-order valence-corrected chi connectivity index (χ1v) is 12.7. The van der Waals surface area contributed by atoms with Gasteiger partial charge in [0.1, 0.15) is 4.90 Å². The van der Waals surface area contributed by atoms with Gasteiger partial charge < -0.3 is 9.64 Å². The number of carbonyl (C=O) groups is 2. The molecule has 0 aliphatic carbocycles. The number of sulfonamides is 1. The van der Waals surface area contributed by atoms with Gasteiger partial charge in [0.2, 0.25) is 10.0 Å². The molecule has 1 aromatic rings. The second-order valence-electron chi connectivity index (χ2n) is 8.27. The minimum Gasteiger partial charge on any atom is -0.455 e. The molecule has 3 rings (SSSR count). The third-order valence-corrected chi connectivity index (χ3v) is 8.98. The van der Waals surface area contributed by atoms with Crippen molar-refractivity contribution < 1.29 is 22.7 Å². The highest BCUT2D eigenvalue weighted by molar-refractivity contribution is 7.89. The largest absolute Gasteiger partial charge is 0.455 e. The minimum atomic E-state index is -3.87. The van der Waals surface area contributed by atoms with Crippen molar-refractivity contribution in [3.05, 3.63) is 28.2 Å². The van der Waals surface area contributed by atoms with E-state index in [1.54, 1.807) is 11.0 Å². The molecule has 0 radical (unpaired) electrons. The monoisotopic (exact) mass is 490 g/mol. The standard InChI is InChI=1S/C21H28Cl2N2O5S/c1-14-5-3-6-15(2)25(14)19(26)13-30-21(27)16-9-11-24(12-10-16)31(28,29)20-17(22)7-4-8-18(20)23/h4,7-8,14-16H,3,5-6,9-13H2,1-2H3/t14-,15-/m1/s1. The summed E-state index contributed by atoms with van der Waals surface area (Å²) in [6.45, 7) is 4.05. The molecule has 0 unspecified atom stereocenters. The van der Waals surface area contributed by atoms with E-state index in [0.29, 0.717) is 12.8 Å². The van der Waals surface area contributed by atoms with E-state index in [1.165, 1.54) is 16.4 Å². The number of amides is 1. The van der Waals surface area contributed by atoms with E-state index in [0.717, 1.165) is 19.3 Å². The van der Waals surface area contributed by atoms with E-state index in [4.69, 9.17) is 27.9 Å². The summed E-state index contributed by atoms with van der Waals surface area (Å²) in [6, 6.07) is 4.82. The number of rotatable bonds is 5. The minimum absolute atomic E-state index is 0.0636. The van der Waals surface area contributed by atoms with Gasteiger partial charge in [0.05, 0.1) is 16.0 Å². The Labute approximate surface area is 193 Å². The lowest BCUT2D eigenvalue weighted by Crippen LogP contribution is -2.49. The van der Waals surface area contributed by atoms with E-state index in [-0.39, 0.29) is 52.6 Å². The molecule has 0 N–H and O–H groups in total. The number of halogens is 2. The highest BCUT2D eigenvalue weighted by Crippen LogP contribution is 2.33. The number of ether oxygens (including phenoxy) is 1. The quantitative estimate of drug-likeness (QED) is 0.587. The van der Waals surface area contributed by atoms with Gasteiger partial charge in [-0.05, 0) is 58.1 Å². The second kappa shape index (κ2) is 10.1. The number of hydrogen-bond acceptors (Lipinski definition) is 5.